The zero-order chi connectivity index (χ0) is 15.7. The van der Waals surface area contributed by atoms with E-state index in [9.17, 15) is 9.18 Å². The van der Waals surface area contributed by atoms with Gasteiger partial charge in [0.05, 0.1) is 5.69 Å². The average molecular weight is 365 g/mol. The van der Waals surface area contributed by atoms with Crippen LogP contribution in [0.2, 0.25) is 0 Å². The fraction of sp³-hybridized carbons (Fsp3) is 0.0667. The van der Waals surface area contributed by atoms with Gasteiger partial charge < -0.3 is 14.2 Å². The maximum atomic E-state index is 13.8. The van der Waals surface area contributed by atoms with Crippen LogP contribution in [0.4, 0.5) is 10.1 Å². The number of carbonyl (C=O) groups excluding carboxylic acids is 1. The second kappa shape index (κ2) is 5.76. The van der Waals surface area contributed by atoms with Crippen molar-refractivity contribution in [3.05, 3.63) is 58.5 Å². The SMILES string of the molecule is Cc1ccc(-c2ocnc2C(=O)Nc2ccc(Br)cc2F)o1. The number of hydrogen-bond donors (Lipinski definition) is 1. The Bertz CT molecular complexity index is 841. The van der Waals surface area contributed by atoms with Crippen molar-refractivity contribution < 1.29 is 18.0 Å². The molecule has 0 spiro atoms. The molecule has 2 heterocycles. The minimum absolute atomic E-state index is 0.0247. The highest BCUT2D eigenvalue weighted by Gasteiger charge is 2.21. The molecule has 0 unspecified atom stereocenters. The summed E-state index contributed by atoms with van der Waals surface area (Å²) >= 11 is 3.15. The molecule has 0 saturated heterocycles. The van der Waals surface area contributed by atoms with E-state index in [1.54, 1.807) is 25.1 Å². The van der Waals surface area contributed by atoms with E-state index in [0.717, 1.165) is 6.39 Å². The molecular formula is C15H10BrFN2O3. The zero-order valence-corrected chi connectivity index (χ0v) is 13.0. The molecule has 0 aliphatic heterocycles. The fourth-order valence-corrected chi connectivity index (χ4v) is 2.24. The van der Waals surface area contributed by atoms with Crippen molar-refractivity contribution in [3.8, 4) is 11.5 Å². The van der Waals surface area contributed by atoms with Crippen molar-refractivity contribution in [1.82, 2.24) is 4.98 Å². The molecule has 0 atom stereocenters. The van der Waals surface area contributed by atoms with Gasteiger partial charge in [0, 0.05) is 4.47 Å². The number of amides is 1. The Morgan fingerprint density at radius 2 is 2.14 bits per heavy atom. The van der Waals surface area contributed by atoms with Crippen molar-refractivity contribution in [2.24, 2.45) is 0 Å². The van der Waals surface area contributed by atoms with Crippen molar-refractivity contribution in [2.75, 3.05) is 5.32 Å². The second-order valence-electron chi connectivity index (χ2n) is 4.52. The van der Waals surface area contributed by atoms with Gasteiger partial charge in [-0.15, -0.1) is 0 Å². The molecule has 5 nitrogen and oxygen atoms in total. The summed E-state index contributed by atoms with van der Waals surface area (Å²) in [5.41, 5.74) is 0.0782. The van der Waals surface area contributed by atoms with Crippen LogP contribution in [0, 0.1) is 12.7 Å². The number of nitrogens with one attached hydrogen (secondary N) is 1. The van der Waals surface area contributed by atoms with Gasteiger partial charge in [-0.2, -0.15) is 0 Å². The first-order chi connectivity index (χ1) is 10.5. The van der Waals surface area contributed by atoms with Gasteiger partial charge in [-0.05, 0) is 37.3 Å². The molecule has 3 aromatic rings. The smallest absolute Gasteiger partial charge is 0.278 e. The van der Waals surface area contributed by atoms with E-state index < -0.39 is 11.7 Å². The van der Waals surface area contributed by atoms with Crippen LogP contribution in [0.15, 0.2) is 50.0 Å². The third-order valence-electron chi connectivity index (χ3n) is 2.93. The fourth-order valence-electron chi connectivity index (χ4n) is 1.91. The van der Waals surface area contributed by atoms with Gasteiger partial charge in [0.1, 0.15) is 11.6 Å². The van der Waals surface area contributed by atoms with Gasteiger partial charge in [0.2, 0.25) is 5.76 Å². The van der Waals surface area contributed by atoms with Crippen LogP contribution in [0.1, 0.15) is 16.2 Å². The summed E-state index contributed by atoms with van der Waals surface area (Å²) < 4.78 is 25.0. The van der Waals surface area contributed by atoms with Crippen LogP contribution < -0.4 is 5.32 Å². The van der Waals surface area contributed by atoms with Gasteiger partial charge in [-0.1, -0.05) is 15.9 Å². The number of carbonyl (C=O) groups is 1. The van der Waals surface area contributed by atoms with Crippen LogP contribution in [-0.2, 0) is 0 Å². The molecule has 1 N–H and O–H groups in total. The van der Waals surface area contributed by atoms with E-state index >= 15 is 0 Å². The van der Waals surface area contributed by atoms with Gasteiger partial charge in [0.25, 0.3) is 5.91 Å². The number of aromatic nitrogens is 1. The quantitative estimate of drug-likeness (QED) is 0.747. The van der Waals surface area contributed by atoms with Gasteiger partial charge in [0.15, 0.2) is 17.8 Å². The first kappa shape index (κ1) is 14.5. The lowest BCUT2D eigenvalue weighted by Gasteiger charge is -2.05. The summed E-state index contributed by atoms with van der Waals surface area (Å²) in [6.45, 7) is 1.77. The topological polar surface area (TPSA) is 68.3 Å². The van der Waals surface area contributed by atoms with Gasteiger partial charge >= 0.3 is 0 Å². The Kier molecular flexibility index (Phi) is 3.81. The predicted octanol–water partition coefficient (Wildman–Crippen LogP) is 4.40. The molecule has 0 aliphatic carbocycles. The van der Waals surface area contributed by atoms with Crippen LogP contribution in [0.3, 0.4) is 0 Å². The molecule has 0 radical (unpaired) electrons. The highest BCUT2D eigenvalue weighted by atomic mass is 79.9. The molecule has 1 aromatic carbocycles. The van der Waals surface area contributed by atoms with Crippen molar-refractivity contribution in [2.45, 2.75) is 6.92 Å². The maximum Gasteiger partial charge on any atom is 0.278 e. The van der Waals surface area contributed by atoms with Crippen LogP contribution in [-0.4, -0.2) is 10.9 Å². The number of anilines is 1. The van der Waals surface area contributed by atoms with Crippen LogP contribution >= 0.6 is 15.9 Å². The largest absolute Gasteiger partial charge is 0.458 e. The van der Waals surface area contributed by atoms with Gasteiger partial charge in [-0.3, -0.25) is 4.79 Å². The van der Waals surface area contributed by atoms with E-state index in [1.807, 2.05) is 0 Å². The first-order valence-corrected chi connectivity index (χ1v) is 7.10. The highest BCUT2D eigenvalue weighted by Crippen LogP contribution is 2.26. The van der Waals surface area contributed by atoms with E-state index in [0.29, 0.717) is 16.0 Å². The maximum absolute atomic E-state index is 13.8. The minimum Gasteiger partial charge on any atom is -0.458 e. The van der Waals surface area contributed by atoms with E-state index in [4.69, 9.17) is 8.83 Å². The first-order valence-electron chi connectivity index (χ1n) is 6.31. The molecule has 0 aliphatic rings. The molecule has 0 fully saturated rings. The number of halogens is 2. The summed E-state index contributed by atoms with van der Waals surface area (Å²) in [6.07, 6.45) is 1.14. The normalized spacial score (nSPS) is 10.7. The Hall–Kier alpha value is -2.41. The lowest BCUT2D eigenvalue weighted by atomic mass is 10.2. The van der Waals surface area contributed by atoms with E-state index in [1.165, 1.54) is 12.1 Å². The summed E-state index contributed by atoms with van der Waals surface area (Å²) in [5.74, 6) is 0.122. The van der Waals surface area contributed by atoms with Crippen molar-refractivity contribution in [1.29, 1.82) is 0 Å². The molecule has 0 bridgehead atoms. The number of rotatable bonds is 3. The number of furan rings is 1. The minimum atomic E-state index is -0.584. The van der Waals surface area contributed by atoms with E-state index in [-0.39, 0.29) is 17.1 Å². The molecule has 7 heteroatoms. The molecule has 1 amide bonds. The summed E-state index contributed by atoms with van der Waals surface area (Å²) in [4.78, 5) is 16.1. The van der Waals surface area contributed by atoms with E-state index in [2.05, 4.69) is 26.2 Å². The lowest BCUT2D eigenvalue weighted by molar-refractivity contribution is 0.102. The Morgan fingerprint density at radius 3 is 2.82 bits per heavy atom. The third-order valence-corrected chi connectivity index (χ3v) is 3.42. The van der Waals surface area contributed by atoms with Crippen LogP contribution in [0.5, 0.6) is 0 Å². The summed E-state index contributed by atoms with van der Waals surface area (Å²) in [5, 5.41) is 2.46. The highest BCUT2D eigenvalue weighted by molar-refractivity contribution is 9.10. The summed E-state index contributed by atoms with van der Waals surface area (Å²) in [7, 11) is 0. The number of hydrogen-bond acceptors (Lipinski definition) is 4. The second-order valence-corrected chi connectivity index (χ2v) is 5.43. The molecule has 22 heavy (non-hydrogen) atoms. The Labute approximate surface area is 133 Å². The van der Waals surface area contributed by atoms with Crippen molar-refractivity contribution in [3.63, 3.8) is 0 Å². The molecule has 2 aromatic heterocycles. The number of nitrogens with zero attached hydrogens (tertiary/aromatic N) is 1. The molecule has 3 rings (SSSR count). The number of benzene rings is 1. The number of aryl methyl sites for hydroxylation is 1. The average Bonchev–Trinajstić information content (AvgIpc) is 3.10. The number of oxazole rings is 1. The molecule has 112 valence electrons. The molecular weight excluding hydrogens is 355 g/mol. The predicted molar refractivity (Wildman–Crippen MR) is 81.0 cm³/mol. The zero-order valence-electron chi connectivity index (χ0n) is 11.4. The van der Waals surface area contributed by atoms with Gasteiger partial charge in [-0.25, -0.2) is 9.37 Å². The van der Waals surface area contributed by atoms with Crippen molar-refractivity contribution >= 4 is 27.5 Å². The standard InChI is InChI=1S/C15H10BrFN2O3/c1-8-2-5-12(22-8)14-13(18-7-21-14)15(20)19-11-4-3-9(16)6-10(11)17/h2-7H,1H3,(H,19,20). The Balaban J connectivity index is 1.89. The van der Waals surface area contributed by atoms with Crippen LogP contribution in [0.25, 0.3) is 11.5 Å². The lowest BCUT2D eigenvalue weighted by Crippen LogP contribution is -2.14. The molecule has 0 saturated carbocycles. The summed E-state index contributed by atoms with van der Waals surface area (Å²) in [6, 6.07) is 7.75. The monoisotopic (exact) mass is 364 g/mol. The third kappa shape index (κ3) is 2.80. The Morgan fingerprint density at radius 1 is 1.32 bits per heavy atom.